The van der Waals surface area contributed by atoms with Crippen LogP contribution in [-0.4, -0.2) is 10.1 Å². The van der Waals surface area contributed by atoms with Gasteiger partial charge in [0.15, 0.2) is 0 Å². The Kier molecular flexibility index (Phi) is 4.29. The lowest BCUT2D eigenvalue weighted by atomic mass is 10.0. The van der Waals surface area contributed by atoms with Gasteiger partial charge in [-0.25, -0.2) is 4.98 Å². The van der Waals surface area contributed by atoms with E-state index in [0.717, 1.165) is 29.8 Å². The molecule has 1 atom stereocenters. The fourth-order valence-electron chi connectivity index (χ4n) is 1.78. The Hall–Kier alpha value is -1.19. The van der Waals surface area contributed by atoms with Crippen molar-refractivity contribution in [2.24, 2.45) is 0 Å². The summed E-state index contributed by atoms with van der Waals surface area (Å²) in [5.74, 6) is 0. The van der Waals surface area contributed by atoms with Crippen LogP contribution in [0.4, 0.5) is 0 Å². The van der Waals surface area contributed by atoms with Crippen LogP contribution >= 0.6 is 11.3 Å². The molecule has 2 nitrogen and oxygen atoms in total. The highest BCUT2D eigenvalue weighted by Gasteiger charge is 2.08. The predicted octanol–water partition coefficient (Wildman–Crippen LogP) is 3.37. The first kappa shape index (κ1) is 12.3. The second-order valence-corrected chi connectivity index (χ2v) is 5.05. The van der Waals surface area contributed by atoms with E-state index >= 15 is 0 Å². The monoisotopic (exact) mass is 247 g/mol. The number of benzene rings is 1. The average Bonchev–Trinajstić information content (AvgIpc) is 2.89. The lowest BCUT2D eigenvalue weighted by molar-refractivity contribution is 0.168. The van der Waals surface area contributed by atoms with Gasteiger partial charge >= 0.3 is 0 Å². The number of aryl methyl sites for hydroxylation is 2. The number of hydrogen-bond acceptors (Lipinski definition) is 3. The smallest absolute Gasteiger partial charge is 0.0925 e. The fraction of sp³-hybridized carbons (Fsp3) is 0.357. The van der Waals surface area contributed by atoms with Crippen LogP contribution in [0, 0.1) is 0 Å². The minimum atomic E-state index is -0.384. The summed E-state index contributed by atoms with van der Waals surface area (Å²) in [6.45, 7) is 2.13. The largest absolute Gasteiger partial charge is 0.388 e. The van der Waals surface area contributed by atoms with Gasteiger partial charge in [0.1, 0.15) is 0 Å². The standard InChI is InChI=1S/C14H17NOS/c1-2-11-3-5-12(6-4-11)13(16)7-8-14-15-9-10-17-14/h3-6,9-10,13,16H,2,7-8H2,1H3. The molecule has 0 saturated heterocycles. The number of aromatic nitrogens is 1. The zero-order valence-electron chi connectivity index (χ0n) is 9.97. The molecule has 0 fully saturated rings. The Morgan fingerprint density at radius 1 is 1.29 bits per heavy atom. The third-order valence-electron chi connectivity index (χ3n) is 2.89. The van der Waals surface area contributed by atoms with Crippen LogP contribution in [0.1, 0.15) is 35.6 Å². The summed E-state index contributed by atoms with van der Waals surface area (Å²) in [6.07, 6.45) is 4.04. The van der Waals surface area contributed by atoms with Crippen LogP contribution in [0.15, 0.2) is 35.8 Å². The van der Waals surface area contributed by atoms with Gasteiger partial charge in [-0.15, -0.1) is 11.3 Å². The van der Waals surface area contributed by atoms with Crippen molar-refractivity contribution in [3.63, 3.8) is 0 Å². The Bertz CT molecular complexity index is 436. The van der Waals surface area contributed by atoms with Gasteiger partial charge in [0, 0.05) is 18.0 Å². The highest BCUT2D eigenvalue weighted by atomic mass is 32.1. The number of thiazole rings is 1. The van der Waals surface area contributed by atoms with Crippen molar-refractivity contribution in [1.82, 2.24) is 4.98 Å². The molecule has 0 saturated carbocycles. The van der Waals surface area contributed by atoms with Crippen LogP contribution in [0.2, 0.25) is 0 Å². The maximum absolute atomic E-state index is 10.1. The fourth-order valence-corrected chi connectivity index (χ4v) is 2.42. The van der Waals surface area contributed by atoms with Crippen LogP contribution in [0.5, 0.6) is 0 Å². The van der Waals surface area contributed by atoms with E-state index in [2.05, 4.69) is 24.0 Å². The van der Waals surface area contributed by atoms with E-state index in [1.165, 1.54) is 5.56 Å². The summed E-state index contributed by atoms with van der Waals surface area (Å²) < 4.78 is 0. The maximum Gasteiger partial charge on any atom is 0.0925 e. The lowest BCUT2D eigenvalue weighted by Gasteiger charge is -2.10. The van der Waals surface area contributed by atoms with Gasteiger partial charge in [-0.3, -0.25) is 0 Å². The highest BCUT2D eigenvalue weighted by Crippen LogP contribution is 2.20. The molecule has 0 amide bonds. The SMILES string of the molecule is CCc1ccc(C(O)CCc2nccs2)cc1. The van der Waals surface area contributed by atoms with Crippen molar-refractivity contribution in [2.75, 3.05) is 0 Å². The minimum absolute atomic E-state index is 0.384. The lowest BCUT2D eigenvalue weighted by Crippen LogP contribution is -1.99. The molecule has 0 spiro atoms. The summed E-state index contributed by atoms with van der Waals surface area (Å²) >= 11 is 1.64. The van der Waals surface area contributed by atoms with E-state index in [1.807, 2.05) is 23.7 Å². The Morgan fingerprint density at radius 3 is 2.65 bits per heavy atom. The quantitative estimate of drug-likeness (QED) is 0.878. The topological polar surface area (TPSA) is 33.1 Å². The molecule has 17 heavy (non-hydrogen) atoms. The van der Waals surface area contributed by atoms with Crippen molar-refractivity contribution < 1.29 is 5.11 Å². The molecule has 0 aliphatic heterocycles. The summed E-state index contributed by atoms with van der Waals surface area (Å²) in [5.41, 5.74) is 2.31. The van der Waals surface area contributed by atoms with Gasteiger partial charge in [-0.2, -0.15) is 0 Å². The van der Waals surface area contributed by atoms with Crippen molar-refractivity contribution >= 4 is 11.3 Å². The van der Waals surface area contributed by atoms with E-state index < -0.39 is 0 Å². The molecule has 3 heteroatoms. The first-order valence-electron chi connectivity index (χ1n) is 5.95. The second kappa shape index (κ2) is 5.94. The molecular weight excluding hydrogens is 230 g/mol. The molecule has 2 aromatic rings. The van der Waals surface area contributed by atoms with Crippen LogP contribution in [0.25, 0.3) is 0 Å². The summed E-state index contributed by atoms with van der Waals surface area (Å²) in [4.78, 5) is 4.22. The number of nitrogens with zero attached hydrogens (tertiary/aromatic N) is 1. The number of rotatable bonds is 5. The van der Waals surface area contributed by atoms with Crippen molar-refractivity contribution in [3.8, 4) is 0 Å². The Morgan fingerprint density at radius 2 is 2.06 bits per heavy atom. The predicted molar refractivity (Wildman–Crippen MR) is 71.2 cm³/mol. The van der Waals surface area contributed by atoms with Crippen LogP contribution < -0.4 is 0 Å². The van der Waals surface area contributed by atoms with Gasteiger partial charge < -0.3 is 5.11 Å². The zero-order chi connectivity index (χ0) is 12.1. The van der Waals surface area contributed by atoms with Gasteiger partial charge in [0.25, 0.3) is 0 Å². The highest BCUT2D eigenvalue weighted by molar-refractivity contribution is 7.09. The second-order valence-electron chi connectivity index (χ2n) is 4.08. The Balaban J connectivity index is 1.92. The number of aliphatic hydroxyl groups excluding tert-OH is 1. The van der Waals surface area contributed by atoms with Gasteiger partial charge in [-0.1, -0.05) is 31.2 Å². The van der Waals surface area contributed by atoms with E-state index in [9.17, 15) is 5.11 Å². The molecule has 2 rings (SSSR count). The van der Waals surface area contributed by atoms with Crippen molar-refractivity contribution in [1.29, 1.82) is 0 Å². The van der Waals surface area contributed by atoms with E-state index in [4.69, 9.17) is 0 Å². The summed E-state index contributed by atoms with van der Waals surface area (Å²) in [5, 5.41) is 13.1. The molecule has 1 unspecified atom stereocenters. The first-order chi connectivity index (χ1) is 8.29. The molecule has 1 aromatic carbocycles. The molecule has 0 aliphatic carbocycles. The zero-order valence-corrected chi connectivity index (χ0v) is 10.8. The van der Waals surface area contributed by atoms with Crippen LogP contribution in [-0.2, 0) is 12.8 Å². The normalized spacial score (nSPS) is 12.6. The number of aliphatic hydroxyl groups is 1. The minimum Gasteiger partial charge on any atom is -0.388 e. The molecular formula is C14H17NOS. The van der Waals surface area contributed by atoms with E-state index in [1.54, 1.807) is 11.3 Å². The average molecular weight is 247 g/mol. The van der Waals surface area contributed by atoms with E-state index in [0.29, 0.717) is 0 Å². The van der Waals surface area contributed by atoms with Gasteiger partial charge in [-0.05, 0) is 24.0 Å². The Labute approximate surface area is 106 Å². The molecule has 0 radical (unpaired) electrons. The molecule has 90 valence electrons. The maximum atomic E-state index is 10.1. The molecule has 0 bridgehead atoms. The molecule has 1 N–H and O–H groups in total. The third-order valence-corrected chi connectivity index (χ3v) is 3.73. The van der Waals surface area contributed by atoms with Crippen LogP contribution in [0.3, 0.4) is 0 Å². The van der Waals surface area contributed by atoms with E-state index in [-0.39, 0.29) is 6.10 Å². The van der Waals surface area contributed by atoms with Gasteiger partial charge in [0.05, 0.1) is 11.1 Å². The number of hydrogen-bond donors (Lipinski definition) is 1. The molecule has 1 aromatic heterocycles. The summed E-state index contributed by atoms with van der Waals surface area (Å²) in [6, 6.07) is 8.21. The first-order valence-corrected chi connectivity index (χ1v) is 6.83. The molecule has 1 heterocycles. The van der Waals surface area contributed by atoms with Crippen molar-refractivity contribution in [3.05, 3.63) is 52.0 Å². The van der Waals surface area contributed by atoms with Crippen molar-refractivity contribution in [2.45, 2.75) is 32.3 Å². The summed E-state index contributed by atoms with van der Waals surface area (Å²) in [7, 11) is 0. The van der Waals surface area contributed by atoms with Gasteiger partial charge in [0.2, 0.25) is 0 Å². The third kappa shape index (κ3) is 3.38. The molecule has 0 aliphatic rings.